The Morgan fingerprint density at radius 2 is 1.64 bits per heavy atom. The molecule has 0 aliphatic rings. The van der Waals surface area contributed by atoms with Crippen molar-refractivity contribution in [3.05, 3.63) is 113 Å². The Bertz CT molecular complexity index is 1510. The molecule has 5 rings (SSSR count). The van der Waals surface area contributed by atoms with E-state index in [1.165, 1.54) is 4.68 Å². The fourth-order valence-corrected chi connectivity index (χ4v) is 4.36. The molecule has 5 aromatic rings. The summed E-state index contributed by atoms with van der Waals surface area (Å²) < 4.78 is 29.4. The van der Waals surface area contributed by atoms with Crippen LogP contribution in [-0.4, -0.2) is 18.5 Å². The predicted molar refractivity (Wildman–Crippen MR) is 127 cm³/mol. The third kappa shape index (κ3) is 4.28. The summed E-state index contributed by atoms with van der Waals surface area (Å²) in [5.41, 5.74) is 3.16. The Kier molecular flexibility index (Phi) is 5.73. The lowest BCUT2D eigenvalue weighted by Crippen LogP contribution is -2.25. The van der Waals surface area contributed by atoms with Crippen LogP contribution in [0.1, 0.15) is 11.1 Å². The Labute approximate surface area is 192 Å². The molecule has 2 aromatic heterocycles. The third-order valence-corrected chi connectivity index (χ3v) is 6.07. The number of hydrogen-bond donors (Lipinski definition) is 0. The first kappa shape index (κ1) is 21.1. The first-order valence-electron chi connectivity index (χ1n) is 10.4. The van der Waals surface area contributed by atoms with Gasteiger partial charge in [0.1, 0.15) is 5.76 Å². The van der Waals surface area contributed by atoms with E-state index in [1.54, 1.807) is 36.7 Å². The largest absolute Gasteiger partial charge is 0.772 e. The molecule has 0 radical (unpaired) electrons. The zero-order valence-corrected chi connectivity index (χ0v) is 18.3. The van der Waals surface area contributed by atoms with E-state index in [-0.39, 0.29) is 11.3 Å². The van der Waals surface area contributed by atoms with Crippen molar-refractivity contribution in [1.29, 1.82) is 0 Å². The van der Waals surface area contributed by atoms with E-state index in [4.69, 9.17) is 4.42 Å². The maximum Gasteiger partial charge on any atom is 0.278 e. The quantitative estimate of drug-likeness (QED) is 0.345. The SMILES string of the molecule is O=c1c(-c2occ3ccccc23)c(-c2ccc(CS(=O)[O-])cc2)cnn1Cc1ccccc1. The standard InChI is InChI=1S/C26H20N2O4S/c29-26-24(25-22-9-5-4-8-21(22)16-32-25)23(20-12-10-19(11-13-20)17-33(30)31)14-27-28(26)15-18-6-2-1-3-7-18/h1-14,16H,15,17H2,(H,30,31)/p-1. The Morgan fingerprint density at radius 3 is 2.39 bits per heavy atom. The van der Waals surface area contributed by atoms with Gasteiger partial charge in [-0.2, -0.15) is 5.10 Å². The minimum Gasteiger partial charge on any atom is -0.772 e. The van der Waals surface area contributed by atoms with Gasteiger partial charge in [0.2, 0.25) is 0 Å². The maximum absolute atomic E-state index is 13.7. The van der Waals surface area contributed by atoms with E-state index in [1.807, 2.05) is 54.6 Å². The Balaban J connectivity index is 1.68. The number of benzene rings is 3. The zero-order valence-electron chi connectivity index (χ0n) is 17.5. The van der Waals surface area contributed by atoms with Crippen molar-refractivity contribution >= 4 is 21.9 Å². The lowest BCUT2D eigenvalue weighted by Gasteiger charge is -2.12. The van der Waals surface area contributed by atoms with Gasteiger partial charge in [-0.05, 0) is 16.7 Å². The Hall–Kier alpha value is -3.81. The number of nitrogens with zero attached hydrogens (tertiary/aromatic N) is 2. The summed E-state index contributed by atoms with van der Waals surface area (Å²) >= 11 is -2.17. The topological polar surface area (TPSA) is 88.2 Å². The molecule has 0 saturated carbocycles. The molecule has 0 saturated heterocycles. The van der Waals surface area contributed by atoms with Gasteiger partial charge in [0.25, 0.3) is 5.56 Å². The molecule has 0 bridgehead atoms. The molecule has 1 atom stereocenters. The van der Waals surface area contributed by atoms with Crippen molar-refractivity contribution in [1.82, 2.24) is 9.78 Å². The first-order valence-corrected chi connectivity index (χ1v) is 11.6. The molecule has 0 aliphatic carbocycles. The predicted octanol–water partition coefficient (Wildman–Crippen LogP) is 4.75. The van der Waals surface area contributed by atoms with Gasteiger partial charge >= 0.3 is 0 Å². The van der Waals surface area contributed by atoms with Crippen LogP contribution in [-0.2, 0) is 23.4 Å². The summed E-state index contributed by atoms with van der Waals surface area (Å²) in [6.45, 7) is 0.333. The van der Waals surface area contributed by atoms with Crippen LogP contribution in [0.15, 0.2) is 101 Å². The highest BCUT2D eigenvalue weighted by Crippen LogP contribution is 2.35. The van der Waals surface area contributed by atoms with Crippen LogP contribution in [0.4, 0.5) is 0 Å². The lowest BCUT2D eigenvalue weighted by atomic mass is 9.98. The Morgan fingerprint density at radius 1 is 0.909 bits per heavy atom. The van der Waals surface area contributed by atoms with Gasteiger partial charge in [-0.1, -0.05) is 89.9 Å². The number of fused-ring (bicyclic) bond motifs is 1. The molecule has 0 N–H and O–H groups in total. The smallest absolute Gasteiger partial charge is 0.278 e. The van der Waals surface area contributed by atoms with E-state index >= 15 is 0 Å². The summed E-state index contributed by atoms with van der Waals surface area (Å²) in [5, 5.41) is 6.18. The van der Waals surface area contributed by atoms with Crippen LogP contribution in [0.5, 0.6) is 0 Å². The molecule has 7 heteroatoms. The normalized spacial score (nSPS) is 12.2. The number of hydrogen-bond acceptors (Lipinski definition) is 5. The van der Waals surface area contributed by atoms with E-state index in [0.29, 0.717) is 29.0 Å². The molecule has 0 fully saturated rings. The highest BCUT2D eigenvalue weighted by atomic mass is 32.2. The zero-order chi connectivity index (χ0) is 22.8. The average molecular weight is 456 g/mol. The third-order valence-electron chi connectivity index (χ3n) is 5.50. The summed E-state index contributed by atoms with van der Waals surface area (Å²) in [6.07, 6.45) is 3.31. The summed E-state index contributed by atoms with van der Waals surface area (Å²) in [4.78, 5) is 13.7. The van der Waals surface area contributed by atoms with Gasteiger partial charge < -0.3 is 8.97 Å². The molecule has 3 aromatic carbocycles. The molecular formula is C26H19N2O4S-. The maximum atomic E-state index is 13.7. The highest BCUT2D eigenvalue weighted by molar-refractivity contribution is 7.78. The van der Waals surface area contributed by atoms with E-state index in [9.17, 15) is 13.6 Å². The number of rotatable bonds is 6. The lowest BCUT2D eigenvalue weighted by molar-refractivity contribution is 0.536. The van der Waals surface area contributed by atoms with Crippen molar-refractivity contribution < 1.29 is 13.2 Å². The van der Waals surface area contributed by atoms with Gasteiger partial charge in [-0.15, -0.1) is 0 Å². The summed E-state index contributed by atoms with van der Waals surface area (Å²) in [6, 6.07) is 24.4. The summed E-state index contributed by atoms with van der Waals surface area (Å²) in [5.74, 6) is 0.423. The molecule has 0 spiro atoms. The van der Waals surface area contributed by atoms with Crippen molar-refractivity contribution in [3.8, 4) is 22.5 Å². The van der Waals surface area contributed by atoms with Crippen LogP contribution in [0.2, 0.25) is 0 Å². The number of aromatic nitrogens is 2. The van der Waals surface area contributed by atoms with Crippen molar-refractivity contribution in [2.75, 3.05) is 0 Å². The van der Waals surface area contributed by atoms with Crippen LogP contribution in [0.3, 0.4) is 0 Å². The van der Waals surface area contributed by atoms with E-state index < -0.39 is 11.1 Å². The van der Waals surface area contributed by atoms with Gasteiger partial charge in [0, 0.05) is 22.1 Å². The fraction of sp³-hybridized carbons (Fsp3) is 0.0769. The van der Waals surface area contributed by atoms with E-state index in [2.05, 4.69) is 5.10 Å². The van der Waals surface area contributed by atoms with Crippen molar-refractivity contribution in [2.45, 2.75) is 12.3 Å². The van der Waals surface area contributed by atoms with E-state index in [0.717, 1.165) is 21.9 Å². The van der Waals surface area contributed by atoms with Crippen LogP contribution in [0.25, 0.3) is 33.2 Å². The average Bonchev–Trinajstić information content (AvgIpc) is 3.25. The molecule has 33 heavy (non-hydrogen) atoms. The molecule has 0 amide bonds. The minimum atomic E-state index is -2.17. The van der Waals surface area contributed by atoms with Crippen LogP contribution >= 0.6 is 0 Å². The van der Waals surface area contributed by atoms with Gasteiger partial charge in [0.05, 0.1) is 24.6 Å². The van der Waals surface area contributed by atoms with Gasteiger partial charge in [-0.25, -0.2) is 4.68 Å². The second-order valence-electron chi connectivity index (χ2n) is 7.68. The first-order chi connectivity index (χ1) is 16.1. The van der Waals surface area contributed by atoms with Crippen molar-refractivity contribution in [3.63, 3.8) is 0 Å². The molecule has 1 unspecified atom stereocenters. The molecule has 2 heterocycles. The fourth-order valence-electron chi connectivity index (χ4n) is 3.90. The van der Waals surface area contributed by atoms with Crippen LogP contribution < -0.4 is 5.56 Å². The van der Waals surface area contributed by atoms with Gasteiger partial charge in [-0.3, -0.25) is 9.00 Å². The number of furan rings is 1. The molecule has 0 aliphatic heterocycles. The molecular weight excluding hydrogens is 436 g/mol. The molecule has 6 nitrogen and oxygen atoms in total. The van der Waals surface area contributed by atoms with Gasteiger partial charge in [0.15, 0.2) is 0 Å². The summed E-state index contributed by atoms with van der Waals surface area (Å²) in [7, 11) is 0. The van der Waals surface area contributed by atoms with Crippen LogP contribution in [0, 0.1) is 0 Å². The second-order valence-corrected chi connectivity index (χ2v) is 8.57. The second kappa shape index (κ2) is 8.97. The molecule has 164 valence electrons. The van der Waals surface area contributed by atoms with Crippen molar-refractivity contribution in [2.24, 2.45) is 0 Å². The minimum absolute atomic E-state index is 0.0626. The monoisotopic (exact) mass is 455 g/mol. The highest BCUT2D eigenvalue weighted by Gasteiger charge is 2.20.